The number of benzene rings is 1. The molecule has 0 spiro atoms. The van der Waals surface area contributed by atoms with Crippen LogP contribution in [0, 0.1) is 13.8 Å². The first-order chi connectivity index (χ1) is 12.5. The zero-order valence-corrected chi connectivity index (χ0v) is 17.2. The lowest BCUT2D eigenvalue weighted by atomic mass is 9.98. The molecule has 26 heavy (non-hydrogen) atoms. The maximum Gasteiger partial charge on any atom is 0.190 e. The van der Waals surface area contributed by atoms with Gasteiger partial charge in [-0.1, -0.05) is 19.1 Å². The monoisotopic (exact) mass is 374 g/mol. The fourth-order valence-electron chi connectivity index (χ4n) is 2.66. The second kappa shape index (κ2) is 10.2. The lowest BCUT2D eigenvalue weighted by molar-refractivity contribution is 0.414. The number of rotatable bonds is 8. The van der Waals surface area contributed by atoms with E-state index in [9.17, 15) is 0 Å². The van der Waals surface area contributed by atoms with Crippen LogP contribution in [-0.4, -0.2) is 38.2 Å². The highest BCUT2D eigenvalue weighted by Crippen LogP contribution is 2.21. The largest absolute Gasteiger partial charge is 0.497 e. The Morgan fingerprint density at radius 1 is 1.19 bits per heavy atom. The van der Waals surface area contributed by atoms with E-state index in [2.05, 4.69) is 53.5 Å². The van der Waals surface area contributed by atoms with Gasteiger partial charge < -0.3 is 15.4 Å². The highest BCUT2D eigenvalue weighted by atomic mass is 32.1. The first-order valence-corrected chi connectivity index (χ1v) is 9.86. The van der Waals surface area contributed by atoms with Crippen LogP contribution in [-0.2, 0) is 6.42 Å². The van der Waals surface area contributed by atoms with Crippen LogP contribution >= 0.6 is 11.3 Å². The highest BCUT2D eigenvalue weighted by Gasteiger charge is 2.07. The molecule has 0 fully saturated rings. The molecule has 1 unspecified atom stereocenters. The van der Waals surface area contributed by atoms with Gasteiger partial charge in [0.1, 0.15) is 5.75 Å². The van der Waals surface area contributed by atoms with E-state index in [1.54, 1.807) is 25.5 Å². The van der Waals surface area contributed by atoms with Crippen LogP contribution in [0.2, 0.25) is 0 Å². The summed E-state index contributed by atoms with van der Waals surface area (Å²) in [7, 11) is 3.50. The Balaban J connectivity index is 1.70. The molecule has 1 aromatic heterocycles. The van der Waals surface area contributed by atoms with E-state index in [1.165, 1.54) is 15.4 Å². The summed E-state index contributed by atoms with van der Waals surface area (Å²) in [5, 5.41) is 7.93. The number of methoxy groups -OCH3 is 1. The van der Waals surface area contributed by atoms with E-state index in [1.807, 2.05) is 12.1 Å². The van der Waals surface area contributed by atoms with Crippen molar-refractivity contribution in [3.63, 3.8) is 0 Å². The van der Waals surface area contributed by atoms with Crippen molar-refractivity contribution in [1.82, 2.24) is 15.6 Å². The molecule has 0 aliphatic heterocycles. The minimum absolute atomic E-state index is 0.479. The van der Waals surface area contributed by atoms with Crippen LogP contribution in [0.4, 0.5) is 0 Å². The van der Waals surface area contributed by atoms with Gasteiger partial charge in [0.25, 0.3) is 0 Å². The van der Waals surface area contributed by atoms with Gasteiger partial charge in [-0.25, -0.2) is 4.98 Å². The molecule has 6 heteroatoms. The lowest BCUT2D eigenvalue weighted by Crippen LogP contribution is -2.39. The summed E-state index contributed by atoms with van der Waals surface area (Å²) < 4.78 is 5.21. The molecule has 2 aromatic rings. The number of hydrogen-bond donors (Lipinski definition) is 2. The molecule has 0 amide bonds. The minimum Gasteiger partial charge on any atom is -0.497 e. The second-order valence-corrected chi connectivity index (χ2v) is 7.68. The zero-order valence-electron chi connectivity index (χ0n) is 16.4. The van der Waals surface area contributed by atoms with Gasteiger partial charge >= 0.3 is 0 Å². The maximum absolute atomic E-state index is 5.21. The molecule has 142 valence electrons. The number of thiazole rings is 1. The summed E-state index contributed by atoms with van der Waals surface area (Å²) in [6.45, 7) is 8.14. The third kappa shape index (κ3) is 6.02. The van der Waals surface area contributed by atoms with Crippen LogP contribution in [0.25, 0.3) is 0 Å². The maximum atomic E-state index is 5.21. The van der Waals surface area contributed by atoms with E-state index in [0.29, 0.717) is 5.92 Å². The van der Waals surface area contributed by atoms with Crippen molar-refractivity contribution >= 4 is 17.3 Å². The van der Waals surface area contributed by atoms with Crippen molar-refractivity contribution in [1.29, 1.82) is 0 Å². The summed E-state index contributed by atoms with van der Waals surface area (Å²) >= 11 is 1.78. The number of ether oxygens (including phenoxy) is 1. The third-order valence-corrected chi connectivity index (χ3v) is 5.62. The summed E-state index contributed by atoms with van der Waals surface area (Å²) in [6.07, 6.45) is 1.96. The summed E-state index contributed by atoms with van der Waals surface area (Å²) in [6, 6.07) is 8.30. The second-order valence-electron chi connectivity index (χ2n) is 6.39. The smallest absolute Gasteiger partial charge is 0.190 e. The molecular weight excluding hydrogens is 344 g/mol. The van der Waals surface area contributed by atoms with Crippen LogP contribution in [0.1, 0.15) is 40.4 Å². The summed E-state index contributed by atoms with van der Waals surface area (Å²) in [4.78, 5) is 10.2. The minimum atomic E-state index is 0.479. The van der Waals surface area contributed by atoms with E-state index >= 15 is 0 Å². The lowest BCUT2D eigenvalue weighted by Gasteiger charge is -2.15. The Bertz CT molecular complexity index is 690. The van der Waals surface area contributed by atoms with Crippen molar-refractivity contribution in [2.45, 2.75) is 39.5 Å². The molecule has 0 saturated heterocycles. The Morgan fingerprint density at radius 3 is 2.46 bits per heavy atom. The predicted molar refractivity (Wildman–Crippen MR) is 111 cm³/mol. The Morgan fingerprint density at radius 2 is 1.88 bits per heavy atom. The van der Waals surface area contributed by atoms with Gasteiger partial charge in [0.15, 0.2) is 5.96 Å². The van der Waals surface area contributed by atoms with E-state index < -0.39 is 0 Å². The van der Waals surface area contributed by atoms with Gasteiger partial charge in [0, 0.05) is 31.4 Å². The Labute approximate surface area is 160 Å². The number of guanidine groups is 1. The van der Waals surface area contributed by atoms with Gasteiger partial charge in [-0.2, -0.15) is 0 Å². The van der Waals surface area contributed by atoms with Gasteiger partial charge in [0.2, 0.25) is 0 Å². The first-order valence-electron chi connectivity index (χ1n) is 9.04. The molecular formula is C20H30N4OS. The number of aliphatic imine (C=N–C) groups is 1. The molecule has 2 rings (SSSR count). The third-order valence-electron chi connectivity index (χ3n) is 4.48. The standard InChI is InChI=1S/C20H30N4OS/c1-14(17-6-8-18(25-5)9-7-17)10-12-22-20(21-4)23-13-11-19-24-15(2)16(3)26-19/h6-9,14H,10-13H2,1-5H3,(H2,21,22,23). The van der Waals surface area contributed by atoms with Gasteiger partial charge in [0.05, 0.1) is 17.8 Å². The average Bonchev–Trinajstić information content (AvgIpc) is 2.98. The number of nitrogens with zero attached hydrogens (tertiary/aromatic N) is 2. The summed E-state index contributed by atoms with van der Waals surface area (Å²) in [5.74, 6) is 2.22. The van der Waals surface area contributed by atoms with Crippen LogP contribution in [0.5, 0.6) is 5.75 Å². The quantitative estimate of drug-likeness (QED) is 0.547. The van der Waals surface area contributed by atoms with E-state index in [-0.39, 0.29) is 0 Å². The van der Waals surface area contributed by atoms with Gasteiger partial charge in [-0.3, -0.25) is 4.99 Å². The topological polar surface area (TPSA) is 58.5 Å². The van der Waals surface area contributed by atoms with Crippen molar-refractivity contribution in [3.8, 4) is 5.75 Å². The van der Waals surface area contributed by atoms with Crippen molar-refractivity contribution in [2.24, 2.45) is 4.99 Å². The molecule has 0 bridgehead atoms. The molecule has 0 radical (unpaired) electrons. The predicted octanol–water partition coefficient (Wildman–Crippen LogP) is 3.67. The number of aromatic nitrogens is 1. The number of aryl methyl sites for hydroxylation is 2. The average molecular weight is 375 g/mol. The van der Waals surface area contributed by atoms with Gasteiger partial charge in [-0.05, 0) is 43.9 Å². The summed E-state index contributed by atoms with van der Waals surface area (Å²) in [5.41, 5.74) is 2.46. The van der Waals surface area contributed by atoms with Crippen LogP contribution in [0.15, 0.2) is 29.3 Å². The molecule has 1 heterocycles. The molecule has 0 aliphatic carbocycles. The van der Waals surface area contributed by atoms with Crippen molar-refractivity contribution in [3.05, 3.63) is 45.4 Å². The van der Waals surface area contributed by atoms with Crippen LogP contribution < -0.4 is 15.4 Å². The molecule has 0 saturated carbocycles. The first kappa shape index (κ1) is 20.2. The Kier molecular flexibility index (Phi) is 7.91. The fraction of sp³-hybridized carbons (Fsp3) is 0.500. The molecule has 0 aliphatic rings. The van der Waals surface area contributed by atoms with E-state index in [0.717, 1.165) is 43.3 Å². The Hall–Kier alpha value is -2.08. The normalized spacial score (nSPS) is 12.7. The van der Waals surface area contributed by atoms with Crippen molar-refractivity contribution < 1.29 is 4.74 Å². The zero-order chi connectivity index (χ0) is 18.9. The fourth-order valence-corrected chi connectivity index (χ4v) is 3.59. The van der Waals surface area contributed by atoms with E-state index in [4.69, 9.17) is 4.74 Å². The molecule has 1 aromatic carbocycles. The van der Waals surface area contributed by atoms with Crippen LogP contribution in [0.3, 0.4) is 0 Å². The molecule has 1 atom stereocenters. The SMILES string of the molecule is CN=C(NCCc1nc(C)c(C)s1)NCCC(C)c1ccc(OC)cc1. The highest BCUT2D eigenvalue weighted by molar-refractivity contribution is 7.11. The number of hydrogen-bond acceptors (Lipinski definition) is 4. The van der Waals surface area contributed by atoms with Gasteiger partial charge in [-0.15, -0.1) is 11.3 Å². The molecule has 2 N–H and O–H groups in total. The number of nitrogens with one attached hydrogen (secondary N) is 2. The van der Waals surface area contributed by atoms with Crippen molar-refractivity contribution in [2.75, 3.05) is 27.2 Å². The molecule has 5 nitrogen and oxygen atoms in total.